The number of hydrogen-bond acceptors (Lipinski definition) is 5. The molecule has 1 fully saturated rings. The van der Waals surface area contributed by atoms with Crippen LogP contribution in [0.15, 0.2) is 66.9 Å². The van der Waals surface area contributed by atoms with Crippen molar-refractivity contribution in [2.45, 2.75) is 38.6 Å². The average molecular weight is 495 g/mol. The van der Waals surface area contributed by atoms with Gasteiger partial charge in [-0.15, -0.1) is 0 Å². The Morgan fingerprint density at radius 3 is 2.86 bits per heavy atom. The van der Waals surface area contributed by atoms with Gasteiger partial charge in [0.05, 0.1) is 28.2 Å². The van der Waals surface area contributed by atoms with Gasteiger partial charge in [0, 0.05) is 36.4 Å². The lowest BCUT2D eigenvalue weighted by atomic mass is 10.0. The summed E-state index contributed by atoms with van der Waals surface area (Å²) in [5.41, 5.74) is 4.95. The summed E-state index contributed by atoms with van der Waals surface area (Å²) in [5, 5.41) is 15.1. The highest BCUT2D eigenvalue weighted by Gasteiger charge is 2.17. The number of likely N-dealkylation sites (tertiary alicyclic amines) is 1. The summed E-state index contributed by atoms with van der Waals surface area (Å²) in [6.07, 6.45) is 10.5. The molecule has 7 nitrogen and oxygen atoms in total. The van der Waals surface area contributed by atoms with Crippen LogP contribution in [0.5, 0.6) is 0 Å². The zero-order chi connectivity index (χ0) is 25.5. The van der Waals surface area contributed by atoms with Crippen molar-refractivity contribution in [1.82, 2.24) is 25.4 Å². The third kappa shape index (κ3) is 6.24. The topological polar surface area (TPSA) is 85.9 Å². The van der Waals surface area contributed by atoms with E-state index in [1.807, 2.05) is 72.8 Å². The zero-order valence-corrected chi connectivity index (χ0v) is 21.3. The standard InChI is InChI=1S/C30H34N6O/c1-22-9-5-7-19-36(22)20-8-18-32-30(37)26-11-2-3-12-27(26)33-24-13-15-25-28(34-35-29(25)21-24)16-14-23-10-4-6-17-31-23/h2-4,6,10-17,21-22,33H,5,7-9,18-20H2,1H3,(H,32,37)(H,34,35)/b16-14+. The van der Waals surface area contributed by atoms with Gasteiger partial charge >= 0.3 is 0 Å². The van der Waals surface area contributed by atoms with Gasteiger partial charge in [-0.3, -0.25) is 14.9 Å². The number of amides is 1. The van der Waals surface area contributed by atoms with Crippen LogP contribution in [0, 0.1) is 0 Å². The number of carbonyl (C=O) groups excluding carboxylic acids is 1. The molecule has 1 aliphatic rings. The number of piperidine rings is 1. The number of rotatable bonds is 9. The lowest BCUT2D eigenvalue weighted by Crippen LogP contribution is -2.39. The van der Waals surface area contributed by atoms with Crippen LogP contribution in [0.25, 0.3) is 23.1 Å². The monoisotopic (exact) mass is 494 g/mol. The van der Waals surface area contributed by atoms with Crippen LogP contribution >= 0.6 is 0 Å². The summed E-state index contributed by atoms with van der Waals surface area (Å²) in [6.45, 7) is 5.18. The van der Waals surface area contributed by atoms with Crippen LogP contribution in [-0.2, 0) is 0 Å². The van der Waals surface area contributed by atoms with Crippen molar-refractivity contribution in [3.63, 3.8) is 0 Å². The molecule has 0 radical (unpaired) electrons. The number of nitrogens with zero attached hydrogens (tertiary/aromatic N) is 3. The summed E-state index contributed by atoms with van der Waals surface area (Å²) >= 11 is 0. The minimum Gasteiger partial charge on any atom is -0.355 e. The molecule has 4 aromatic rings. The van der Waals surface area contributed by atoms with Crippen molar-refractivity contribution < 1.29 is 4.79 Å². The molecule has 2 aromatic heterocycles. The van der Waals surface area contributed by atoms with Crippen LogP contribution in [0.3, 0.4) is 0 Å². The van der Waals surface area contributed by atoms with Crippen LogP contribution < -0.4 is 10.6 Å². The second-order valence-electron chi connectivity index (χ2n) is 9.62. The van der Waals surface area contributed by atoms with E-state index in [2.05, 4.69) is 37.6 Å². The highest BCUT2D eigenvalue weighted by atomic mass is 16.1. The first-order valence-corrected chi connectivity index (χ1v) is 13.1. The Bertz CT molecular complexity index is 1360. The lowest BCUT2D eigenvalue weighted by Gasteiger charge is -2.33. The molecule has 1 unspecified atom stereocenters. The van der Waals surface area contributed by atoms with Crippen LogP contribution in [0.2, 0.25) is 0 Å². The number of nitrogens with one attached hydrogen (secondary N) is 3. The Kier molecular flexibility index (Phi) is 7.91. The fourth-order valence-corrected chi connectivity index (χ4v) is 4.90. The van der Waals surface area contributed by atoms with Crippen LogP contribution in [0.1, 0.15) is 54.4 Å². The van der Waals surface area contributed by atoms with E-state index in [0.717, 1.165) is 46.6 Å². The first-order chi connectivity index (χ1) is 18.2. The number of pyridine rings is 1. The molecule has 1 atom stereocenters. The lowest BCUT2D eigenvalue weighted by molar-refractivity contribution is 0.0949. The third-order valence-corrected chi connectivity index (χ3v) is 6.99. The van der Waals surface area contributed by atoms with Crippen molar-refractivity contribution >= 4 is 40.3 Å². The summed E-state index contributed by atoms with van der Waals surface area (Å²) in [5.74, 6) is -0.0562. The Hall–Kier alpha value is -3.97. The van der Waals surface area contributed by atoms with E-state index in [1.54, 1.807) is 6.20 Å². The molecular weight excluding hydrogens is 460 g/mol. The summed E-state index contributed by atoms with van der Waals surface area (Å²) < 4.78 is 0. The Morgan fingerprint density at radius 2 is 2.00 bits per heavy atom. The number of hydrogen-bond donors (Lipinski definition) is 3. The summed E-state index contributed by atoms with van der Waals surface area (Å²) in [6, 6.07) is 20.1. The molecule has 2 aromatic carbocycles. The number of aromatic nitrogens is 3. The molecule has 3 heterocycles. The maximum atomic E-state index is 13.0. The fraction of sp³-hybridized carbons (Fsp3) is 0.300. The van der Waals surface area contributed by atoms with E-state index in [-0.39, 0.29) is 5.91 Å². The molecule has 7 heteroatoms. The van der Waals surface area contributed by atoms with Crippen LogP contribution in [0.4, 0.5) is 11.4 Å². The number of anilines is 2. The maximum absolute atomic E-state index is 13.0. The van der Waals surface area contributed by atoms with Gasteiger partial charge in [-0.2, -0.15) is 5.10 Å². The number of fused-ring (bicyclic) bond motifs is 1. The smallest absolute Gasteiger partial charge is 0.253 e. The quantitative estimate of drug-likeness (QED) is 0.254. The van der Waals surface area contributed by atoms with Gasteiger partial charge in [0.15, 0.2) is 0 Å². The van der Waals surface area contributed by atoms with Gasteiger partial charge in [-0.1, -0.05) is 24.6 Å². The molecule has 0 saturated carbocycles. The average Bonchev–Trinajstić information content (AvgIpc) is 3.34. The van der Waals surface area contributed by atoms with Crippen molar-refractivity contribution in [2.24, 2.45) is 0 Å². The van der Waals surface area contributed by atoms with E-state index in [0.29, 0.717) is 18.2 Å². The predicted octanol–water partition coefficient (Wildman–Crippen LogP) is 5.87. The predicted molar refractivity (Wildman–Crippen MR) is 151 cm³/mol. The van der Waals surface area contributed by atoms with Gasteiger partial charge in [-0.05, 0) is 87.3 Å². The Morgan fingerprint density at radius 1 is 1.11 bits per heavy atom. The molecule has 1 saturated heterocycles. The normalized spacial score (nSPS) is 16.3. The number of H-pyrrole nitrogens is 1. The molecular formula is C30H34N6O. The van der Waals surface area contributed by atoms with E-state index in [1.165, 1.54) is 25.8 Å². The second-order valence-corrected chi connectivity index (χ2v) is 9.62. The molecule has 5 rings (SSSR count). The summed E-state index contributed by atoms with van der Waals surface area (Å²) in [4.78, 5) is 19.8. The van der Waals surface area contributed by atoms with Gasteiger partial charge in [0.25, 0.3) is 5.91 Å². The van der Waals surface area contributed by atoms with Crippen molar-refractivity contribution in [2.75, 3.05) is 25.0 Å². The highest BCUT2D eigenvalue weighted by Crippen LogP contribution is 2.26. The number of benzene rings is 2. The van der Waals surface area contributed by atoms with E-state index < -0.39 is 0 Å². The van der Waals surface area contributed by atoms with E-state index in [4.69, 9.17) is 0 Å². The minimum absolute atomic E-state index is 0.0562. The zero-order valence-electron chi connectivity index (χ0n) is 21.3. The van der Waals surface area contributed by atoms with E-state index >= 15 is 0 Å². The first-order valence-electron chi connectivity index (χ1n) is 13.1. The van der Waals surface area contributed by atoms with Crippen molar-refractivity contribution in [1.29, 1.82) is 0 Å². The molecule has 0 aliphatic carbocycles. The van der Waals surface area contributed by atoms with Gasteiger partial charge in [0.1, 0.15) is 0 Å². The molecule has 0 bridgehead atoms. The SMILES string of the molecule is CC1CCCCN1CCCNC(=O)c1ccccc1Nc1ccc2c(/C=C/c3ccccn3)n[nH]c2c1. The van der Waals surface area contributed by atoms with Crippen molar-refractivity contribution in [3.05, 3.63) is 83.8 Å². The molecule has 37 heavy (non-hydrogen) atoms. The summed E-state index contributed by atoms with van der Waals surface area (Å²) in [7, 11) is 0. The van der Waals surface area contributed by atoms with E-state index in [9.17, 15) is 4.79 Å². The Labute approximate surface area is 218 Å². The maximum Gasteiger partial charge on any atom is 0.253 e. The number of carbonyl (C=O) groups is 1. The number of para-hydroxylation sites is 1. The first kappa shape index (κ1) is 24.7. The van der Waals surface area contributed by atoms with Gasteiger partial charge in [0.2, 0.25) is 0 Å². The number of aromatic amines is 1. The van der Waals surface area contributed by atoms with Crippen molar-refractivity contribution in [3.8, 4) is 0 Å². The molecule has 1 amide bonds. The van der Waals surface area contributed by atoms with Crippen LogP contribution in [-0.4, -0.2) is 51.7 Å². The molecule has 0 spiro atoms. The highest BCUT2D eigenvalue weighted by molar-refractivity contribution is 6.00. The van der Waals surface area contributed by atoms with Gasteiger partial charge < -0.3 is 15.5 Å². The second kappa shape index (κ2) is 11.8. The van der Waals surface area contributed by atoms with Gasteiger partial charge in [-0.25, -0.2) is 0 Å². The largest absolute Gasteiger partial charge is 0.355 e. The minimum atomic E-state index is -0.0562. The molecule has 3 N–H and O–H groups in total. The Balaban J connectivity index is 1.21. The molecule has 190 valence electrons. The fourth-order valence-electron chi connectivity index (χ4n) is 4.90. The molecule has 1 aliphatic heterocycles. The third-order valence-electron chi connectivity index (χ3n) is 6.99.